The van der Waals surface area contributed by atoms with Gasteiger partial charge in [-0.15, -0.1) is 0 Å². The highest BCUT2D eigenvalue weighted by Gasteiger charge is 2.37. The molecule has 1 saturated carbocycles. The zero-order valence-corrected chi connectivity index (χ0v) is 10.9. The highest BCUT2D eigenvalue weighted by atomic mass is 16.3. The standard InChI is InChI=1S/C15H19N3O/c19-7-6-18-11-12(10-17-18)9-16-15-8-14(15)13-4-2-1-3-5-13/h1-5,10-11,14-16,19H,6-9H2. The fourth-order valence-corrected chi connectivity index (χ4v) is 2.46. The van der Waals surface area contributed by atoms with Crippen molar-refractivity contribution in [2.75, 3.05) is 6.61 Å². The van der Waals surface area contributed by atoms with E-state index in [4.69, 9.17) is 5.11 Å². The summed E-state index contributed by atoms with van der Waals surface area (Å²) in [4.78, 5) is 0. The molecule has 0 radical (unpaired) electrons. The molecule has 1 aliphatic rings. The van der Waals surface area contributed by atoms with Gasteiger partial charge in [0.2, 0.25) is 0 Å². The predicted octanol–water partition coefficient (Wildman–Crippen LogP) is 1.52. The molecule has 1 heterocycles. The van der Waals surface area contributed by atoms with Gasteiger partial charge in [-0.3, -0.25) is 4.68 Å². The lowest BCUT2D eigenvalue weighted by Gasteiger charge is -2.02. The Bertz CT molecular complexity index is 523. The maximum absolute atomic E-state index is 8.84. The first-order valence-electron chi connectivity index (χ1n) is 6.77. The normalized spacial score (nSPS) is 21.5. The number of aromatic nitrogens is 2. The molecular formula is C15H19N3O. The van der Waals surface area contributed by atoms with Gasteiger partial charge in [0, 0.05) is 30.3 Å². The second-order valence-corrected chi connectivity index (χ2v) is 5.08. The average Bonchev–Trinajstić information content (AvgIpc) is 3.10. The fraction of sp³-hybridized carbons (Fsp3) is 0.400. The summed E-state index contributed by atoms with van der Waals surface area (Å²) in [5.74, 6) is 0.661. The van der Waals surface area contributed by atoms with Gasteiger partial charge in [-0.1, -0.05) is 30.3 Å². The average molecular weight is 257 g/mol. The van der Waals surface area contributed by atoms with Crippen molar-refractivity contribution < 1.29 is 5.11 Å². The highest BCUT2D eigenvalue weighted by Crippen LogP contribution is 2.40. The van der Waals surface area contributed by atoms with Crippen LogP contribution in [0.2, 0.25) is 0 Å². The molecule has 100 valence electrons. The molecule has 3 rings (SSSR count). The van der Waals surface area contributed by atoms with Crippen molar-refractivity contribution in [1.29, 1.82) is 0 Å². The Morgan fingerprint density at radius 3 is 2.95 bits per heavy atom. The lowest BCUT2D eigenvalue weighted by Crippen LogP contribution is -2.16. The number of hydrogen-bond acceptors (Lipinski definition) is 3. The van der Waals surface area contributed by atoms with Gasteiger partial charge in [0.15, 0.2) is 0 Å². The molecule has 0 aliphatic heterocycles. The summed E-state index contributed by atoms with van der Waals surface area (Å²) >= 11 is 0. The van der Waals surface area contributed by atoms with Crippen LogP contribution in [0.15, 0.2) is 42.7 Å². The van der Waals surface area contributed by atoms with E-state index in [2.05, 4.69) is 40.7 Å². The lowest BCUT2D eigenvalue weighted by atomic mass is 10.1. The predicted molar refractivity (Wildman–Crippen MR) is 73.7 cm³/mol. The Balaban J connectivity index is 1.49. The second-order valence-electron chi connectivity index (χ2n) is 5.08. The van der Waals surface area contributed by atoms with E-state index in [1.807, 2.05) is 12.4 Å². The number of benzene rings is 1. The Labute approximate surface area is 113 Å². The second kappa shape index (κ2) is 5.55. The molecule has 1 aliphatic carbocycles. The van der Waals surface area contributed by atoms with Crippen molar-refractivity contribution in [3.63, 3.8) is 0 Å². The number of rotatable bonds is 6. The summed E-state index contributed by atoms with van der Waals surface area (Å²) in [6.45, 7) is 1.54. The summed E-state index contributed by atoms with van der Waals surface area (Å²) in [6.07, 6.45) is 5.07. The van der Waals surface area contributed by atoms with E-state index >= 15 is 0 Å². The van der Waals surface area contributed by atoms with Gasteiger partial charge in [0.1, 0.15) is 0 Å². The number of nitrogens with one attached hydrogen (secondary N) is 1. The van der Waals surface area contributed by atoms with Crippen molar-refractivity contribution in [3.8, 4) is 0 Å². The molecule has 1 aromatic carbocycles. The van der Waals surface area contributed by atoms with Crippen LogP contribution >= 0.6 is 0 Å². The highest BCUT2D eigenvalue weighted by molar-refractivity contribution is 5.27. The van der Waals surface area contributed by atoms with Crippen molar-refractivity contribution in [2.24, 2.45) is 0 Å². The van der Waals surface area contributed by atoms with Crippen LogP contribution in [0.3, 0.4) is 0 Å². The van der Waals surface area contributed by atoms with Crippen LogP contribution in [-0.2, 0) is 13.1 Å². The van der Waals surface area contributed by atoms with Gasteiger partial charge >= 0.3 is 0 Å². The smallest absolute Gasteiger partial charge is 0.0640 e. The third-order valence-corrected chi connectivity index (χ3v) is 3.60. The van der Waals surface area contributed by atoms with E-state index in [1.54, 1.807) is 4.68 Å². The molecule has 2 N–H and O–H groups in total. The maximum Gasteiger partial charge on any atom is 0.0640 e. The van der Waals surface area contributed by atoms with Crippen molar-refractivity contribution >= 4 is 0 Å². The first kappa shape index (κ1) is 12.4. The van der Waals surface area contributed by atoms with E-state index in [9.17, 15) is 0 Å². The van der Waals surface area contributed by atoms with Gasteiger partial charge in [-0.2, -0.15) is 5.10 Å². The van der Waals surface area contributed by atoms with Crippen LogP contribution in [0.25, 0.3) is 0 Å². The number of aliphatic hydroxyl groups excluding tert-OH is 1. The van der Waals surface area contributed by atoms with E-state index in [-0.39, 0.29) is 6.61 Å². The Morgan fingerprint density at radius 2 is 2.16 bits per heavy atom. The van der Waals surface area contributed by atoms with Crippen LogP contribution in [0.5, 0.6) is 0 Å². The third kappa shape index (κ3) is 3.03. The van der Waals surface area contributed by atoms with Crippen LogP contribution < -0.4 is 5.32 Å². The SMILES string of the molecule is OCCn1cc(CNC2CC2c2ccccc2)cn1. The molecule has 0 saturated heterocycles. The van der Waals surface area contributed by atoms with Crippen molar-refractivity contribution in [3.05, 3.63) is 53.9 Å². The molecular weight excluding hydrogens is 238 g/mol. The largest absolute Gasteiger partial charge is 0.394 e. The summed E-state index contributed by atoms with van der Waals surface area (Å²) in [5, 5.41) is 16.6. The summed E-state index contributed by atoms with van der Waals surface area (Å²) in [6, 6.07) is 11.2. The van der Waals surface area contributed by atoms with E-state index in [1.165, 1.54) is 17.5 Å². The number of nitrogens with zero attached hydrogens (tertiary/aromatic N) is 2. The number of aliphatic hydroxyl groups is 1. The van der Waals surface area contributed by atoms with Gasteiger partial charge in [0.25, 0.3) is 0 Å². The van der Waals surface area contributed by atoms with Gasteiger partial charge < -0.3 is 10.4 Å². The maximum atomic E-state index is 8.84. The quantitative estimate of drug-likeness (QED) is 0.825. The number of hydrogen-bond donors (Lipinski definition) is 2. The van der Waals surface area contributed by atoms with Gasteiger partial charge in [-0.05, 0) is 12.0 Å². The minimum atomic E-state index is 0.132. The summed E-state index contributed by atoms with van der Waals surface area (Å²) < 4.78 is 1.78. The molecule has 1 fully saturated rings. The molecule has 1 aromatic heterocycles. The van der Waals surface area contributed by atoms with E-state index in [0.29, 0.717) is 18.5 Å². The van der Waals surface area contributed by atoms with Crippen LogP contribution in [0, 0.1) is 0 Å². The van der Waals surface area contributed by atoms with Crippen LogP contribution in [0.4, 0.5) is 0 Å². The monoisotopic (exact) mass is 257 g/mol. The van der Waals surface area contributed by atoms with Gasteiger partial charge in [-0.25, -0.2) is 0 Å². The summed E-state index contributed by atoms with van der Waals surface area (Å²) in [5.41, 5.74) is 2.60. The zero-order valence-electron chi connectivity index (χ0n) is 10.9. The first-order chi connectivity index (χ1) is 9.36. The molecule has 0 spiro atoms. The molecule has 4 heteroatoms. The van der Waals surface area contributed by atoms with Crippen molar-refractivity contribution in [2.45, 2.75) is 31.5 Å². The molecule has 2 aromatic rings. The molecule has 19 heavy (non-hydrogen) atoms. The van der Waals surface area contributed by atoms with E-state index < -0.39 is 0 Å². The minimum Gasteiger partial charge on any atom is -0.394 e. The first-order valence-corrected chi connectivity index (χ1v) is 6.77. The van der Waals surface area contributed by atoms with Gasteiger partial charge in [0.05, 0.1) is 19.3 Å². The topological polar surface area (TPSA) is 50.1 Å². The Hall–Kier alpha value is -1.65. The minimum absolute atomic E-state index is 0.132. The molecule has 2 atom stereocenters. The molecule has 0 bridgehead atoms. The molecule has 0 amide bonds. The zero-order chi connectivity index (χ0) is 13.1. The van der Waals surface area contributed by atoms with Crippen LogP contribution in [0.1, 0.15) is 23.5 Å². The summed E-state index contributed by atoms with van der Waals surface area (Å²) in [7, 11) is 0. The molecule has 4 nitrogen and oxygen atoms in total. The Morgan fingerprint density at radius 1 is 1.32 bits per heavy atom. The van der Waals surface area contributed by atoms with Crippen LogP contribution in [-0.4, -0.2) is 27.5 Å². The van der Waals surface area contributed by atoms with E-state index in [0.717, 1.165) is 6.54 Å². The van der Waals surface area contributed by atoms with Crippen molar-refractivity contribution in [1.82, 2.24) is 15.1 Å². The molecule has 2 unspecified atom stereocenters. The fourth-order valence-electron chi connectivity index (χ4n) is 2.46. The Kier molecular flexibility index (Phi) is 3.62. The lowest BCUT2D eigenvalue weighted by molar-refractivity contribution is 0.269. The third-order valence-electron chi connectivity index (χ3n) is 3.60.